The van der Waals surface area contributed by atoms with Crippen LogP contribution in [-0.2, 0) is 0 Å². The third-order valence-corrected chi connectivity index (χ3v) is 3.23. The van der Waals surface area contributed by atoms with E-state index >= 15 is 0 Å². The van der Waals surface area contributed by atoms with E-state index in [1.807, 2.05) is 0 Å². The summed E-state index contributed by atoms with van der Waals surface area (Å²) in [5.41, 5.74) is 2.85. The summed E-state index contributed by atoms with van der Waals surface area (Å²) in [5, 5.41) is 15.0. The first-order valence-corrected chi connectivity index (χ1v) is 6.81. The molecule has 1 N–H and O–H groups in total. The van der Waals surface area contributed by atoms with Crippen LogP contribution in [0.25, 0.3) is 0 Å². The normalized spacial score (nSPS) is 10.5. The fourth-order valence-corrected chi connectivity index (χ4v) is 2.02. The summed E-state index contributed by atoms with van der Waals surface area (Å²) < 4.78 is 4.90. The first kappa shape index (κ1) is 16.4. The van der Waals surface area contributed by atoms with Crippen molar-refractivity contribution < 1.29 is 14.5 Å². The number of hydrazone groups is 1. The molecule has 0 unspecified atom stereocenters. The molecule has 0 fully saturated rings. The number of rotatable bonds is 5. The van der Waals surface area contributed by atoms with E-state index in [1.54, 1.807) is 30.3 Å². The van der Waals surface area contributed by atoms with Crippen molar-refractivity contribution in [2.24, 2.45) is 5.10 Å². The summed E-state index contributed by atoms with van der Waals surface area (Å²) in [7, 11) is 1.35. The second-order valence-electron chi connectivity index (χ2n) is 4.37. The molecule has 0 saturated carbocycles. The lowest BCUT2D eigenvalue weighted by Crippen LogP contribution is -2.17. The van der Waals surface area contributed by atoms with Gasteiger partial charge in [0.15, 0.2) is 5.75 Å². The molecule has 0 aliphatic carbocycles. The van der Waals surface area contributed by atoms with Gasteiger partial charge in [-0.15, -0.1) is 0 Å². The molecule has 0 heterocycles. The Balaban J connectivity index is 2.12. The fourth-order valence-electron chi connectivity index (χ4n) is 1.80. The van der Waals surface area contributed by atoms with Gasteiger partial charge in [0.05, 0.1) is 28.8 Å². The zero-order valence-electron chi connectivity index (χ0n) is 12.0. The van der Waals surface area contributed by atoms with Crippen molar-refractivity contribution >= 4 is 29.4 Å². The Morgan fingerprint density at radius 3 is 2.74 bits per heavy atom. The average molecular weight is 334 g/mol. The second kappa shape index (κ2) is 7.37. The van der Waals surface area contributed by atoms with Crippen LogP contribution in [0.5, 0.6) is 5.75 Å². The Kier molecular flexibility index (Phi) is 5.27. The number of nitro groups is 1. The molecule has 0 spiro atoms. The van der Waals surface area contributed by atoms with Gasteiger partial charge in [0, 0.05) is 11.6 Å². The van der Waals surface area contributed by atoms with E-state index < -0.39 is 10.8 Å². The van der Waals surface area contributed by atoms with Crippen LogP contribution in [0.1, 0.15) is 15.9 Å². The zero-order valence-corrected chi connectivity index (χ0v) is 12.8. The molecule has 0 aliphatic rings. The first-order valence-electron chi connectivity index (χ1n) is 6.43. The van der Waals surface area contributed by atoms with Crippen molar-refractivity contribution in [2.75, 3.05) is 7.11 Å². The lowest BCUT2D eigenvalue weighted by atomic mass is 10.2. The Bertz CT molecular complexity index is 777. The number of hydrogen-bond donors (Lipinski definition) is 1. The summed E-state index contributed by atoms with van der Waals surface area (Å²) in [6.45, 7) is 0. The maximum atomic E-state index is 11.9. The number of carbonyl (C=O) groups excluding carboxylic acids is 1. The van der Waals surface area contributed by atoms with Crippen LogP contribution in [0.4, 0.5) is 5.69 Å². The highest BCUT2D eigenvalue weighted by Gasteiger charge is 2.14. The molecule has 1 amide bonds. The van der Waals surface area contributed by atoms with Gasteiger partial charge >= 0.3 is 5.69 Å². The molecule has 0 atom stereocenters. The number of nitro benzene ring substituents is 1. The van der Waals surface area contributed by atoms with Crippen LogP contribution in [0.2, 0.25) is 5.02 Å². The van der Waals surface area contributed by atoms with E-state index in [9.17, 15) is 14.9 Å². The van der Waals surface area contributed by atoms with Gasteiger partial charge in [0.2, 0.25) is 0 Å². The molecule has 7 nitrogen and oxygen atoms in total. The highest BCUT2D eigenvalue weighted by Crippen LogP contribution is 2.26. The molecule has 2 aromatic rings. The molecule has 2 rings (SSSR count). The fraction of sp³-hybridized carbons (Fsp3) is 0.0667. The minimum Gasteiger partial charge on any atom is -0.490 e. The van der Waals surface area contributed by atoms with Crippen LogP contribution >= 0.6 is 11.6 Å². The zero-order chi connectivity index (χ0) is 16.8. The second-order valence-corrected chi connectivity index (χ2v) is 4.77. The van der Waals surface area contributed by atoms with Gasteiger partial charge in [-0.05, 0) is 24.3 Å². The number of halogens is 1. The number of ether oxygens (including phenoxy) is 1. The quantitative estimate of drug-likeness (QED) is 0.517. The number of amides is 1. The Labute approximate surface area is 136 Å². The van der Waals surface area contributed by atoms with Gasteiger partial charge in [0.1, 0.15) is 0 Å². The highest BCUT2D eigenvalue weighted by molar-refractivity contribution is 6.33. The Hall–Kier alpha value is -2.93. The smallest absolute Gasteiger partial charge is 0.311 e. The molecular formula is C15H12ClN3O4. The predicted octanol–water partition coefficient (Wildman–Crippen LogP) is 3.02. The van der Waals surface area contributed by atoms with E-state index in [0.29, 0.717) is 10.6 Å². The monoisotopic (exact) mass is 333 g/mol. The van der Waals surface area contributed by atoms with Gasteiger partial charge in [-0.1, -0.05) is 23.7 Å². The molecule has 0 bridgehead atoms. The summed E-state index contributed by atoms with van der Waals surface area (Å²) in [5.74, 6) is -0.331. The molecule has 0 aromatic heterocycles. The van der Waals surface area contributed by atoms with Crippen molar-refractivity contribution in [3.63, 3.8) is 0 Å². The number of hydrogen-bond acceptors (Lipinski definition) is 5. The Morgan fingerprint density at radius 2 is 2.09 bits per heavy atom. The molecule has 118 valence electrons. The number of carbonyl (C=O) groups is 1. The maximum Gasteiger partial charge on any atom is 0.311 e. The van der Waals surface area contributed by atoms with E-state index in [4.69, 9.17) is 16.3 Å². The molecule has 8 heteroatoms. The summed E-state index contributed by atoms with van der Waals surface area (Å²) in [6, 6.07) is 10.9. The number of nitrogens with one attached hydrogen (secondary N) is 1. The van der Waals surface area contributed by atoms with Crippen LogP contribution in [0.15, 0.2) is 47.6 Å². The molecule has 2 aromatic carbocycles. The number of methoxy groups -OCH3 is 1. The van der Waals surface area contributed by atoms with Crippen LogP contribution in [0.3, 0.4) is 0 Å². The lowest BCUT2D eigenvalue weighted by molar-refractivity contribution is -0.385. The van der Waals surface area contributed by atoms with Crippen molar-refractivity contribution in [1.29, 1.82) is 0 Å². The van der Waals surface area contributed by atoms with Gasteiger partial charge in [-0.2, -0.15) is 5.10 Å². The minimum absolute atomic E-state index is 0.146. The topological polar surface area (TPSA) is 93.8 Å². The summed E-state index contributed by atoms with van der Waals surface area (Å²) in [6.07, 6.45) is 1.29. The third-order valence-electron chi connectivity index (χ3n) is 2.90. The van der Waals surface area contributed by atoms with Gasteiger partial charge in [-0.25, -0.2) is 5.43 Å². The average Bonchev–Trinajstić information content (AvgIpc) is 2.55. The summed E-state index contributed by atoms with van der Waals surface area (Å²) in [4.78, 5) is 22.3. The van der Waals surface area contributed by atoms with Crippen LogP contribution in [-0.4, -0.2) is 24.2 Å². The van der Waals surface area contributed by atoms with Crippen molar-refractivity contribution in [3.8, 4) is 5.75 Å². The number of benzene rings is 2. The van der Waals surface area contributed by atoms with E-state index in [0.717, 1.165) is 0 Å². The van der Waals surface area contributed by atoms with Crippen molar-refractivity contribution in [1.82, 2.24) is 5.43 Å². The maximum absolute atomic E-state index is 11.9. The van der Waals surface area contributed by atoms with Crippen LogP contribution in [0, 0.1) is 10.1 Å². The molecule has 0 aliphatic heterocycles. The largest absolute Gasteiger partial charge is 0.490 e. The third kappa shape index (κ3) is 4.04. The predicted molar refractivity (Wildman–Crippen MR) is 86.2 cm³/mol. The van der Waals surface area contributed by atoms with E-state index in [2.05, 4.69) is 10.5 Å². The Morgan fingerprint density at radius 1 is 1.35 bits per heavy atom. The first-order chi connectivity index (χ1) is 11.0. The van der Waals surface area contributed by atoms with E-state index in [-0.39, 0.29) is 17.0 Å². The van der Waals surface area contributed by atoms with Gasteiger partial charge in [-0.3, -0.25) is 14.9 Å². The standard InChI is InChI=1S/C15H12ClN3O4/c1-23-14-7-6-10(8-13(14)19(21)22)9-17-18-15(20)11-4-2-3-5-12(11)16/h2-9H,1H3,(H,18,20)/b17-9-. The van der Waals surface area contributed by atoms with Crippen molar-refractivity contribution in [3.05, 3.63) is 68.7 Å². The van der Waals surface area contributed by atoms with Crippen molar-refractivity contribution in [2.45, 2.75) is 0 Å². The molecular weight excluding hydrogens is 322 g/mol. The highest BCUT2D eigenvalue weighted by atomic mass is 35.5. The van der Waals surface area contributed by atoms with Gasteiger partial charge < -0.3 is 4.74 Å². The lowest BCUT2D eigenvalue weighted by Gasteiger charge is -2.03. The van der Waals surface area contributed by atoms with Gasteiger partial charge in [0.25, 0.3) is 5.91 Å². The number of nitrogens with zero attached hydrogens (tertiary/aromatic N) is 2. The SMILES string of the molecule is COc1ccc(/C=N\NC(=O)c2ccccc2Cl)cc1[N+](=O)[O-]. The summed E-state index contributed by atoms with van der Waals surface area (Å²) >= 11 is 5.90. The minimum atomic E-state index is -0.557. The molecule has 23 heavy (non-hydrogen) atoms. The van der Waals surface area contributed by atoms with E-state index in [1.165, 1.54) is 25.5 Å². The molecule has 0 radical (unpaired) electrons. The van der Waals surface area contributed by atoms with Crippen LogP contribution < -0.4 is 10.2 Å². The molecule has 0 saturated heterocycles.